The molecule has 1 atom stereocenters. The Morgan fingerprint density at radius 1 is 1.04 bits per heavy atom. The van der Waals surface area contributed by atoms with Crippen molar-refractivity contribution in [3.63, 3.8) is 0 Å². The van der Waals surface area contributed by atoms with E-state index in [0.29, 0.717) is 12.8 Å². The van der Waals surface area contributed by atoms with Crippen molar-refractivity contribution in [2.24, 2.45) is 5.73 Å². The molecule has 0 heterocycles. The third kappa shape index (κ3) is 5.17. The molecule has 0 aromatic heterocycles. The Kier molecular flexibility index (Phi) is 6.28. The minimum atomic E-state index is -0.797. The van der Waals surface area contributed by atoms with Crippen LogP contribution in [0.15, 0.2) is 54.6 Å². The highest BCUT2D eigenvalue weighted by Crippen LogP contribution is 2.09. The number of carbonyl (C=O) groups excluding carboxylic acids is 3. The first-order valence-electron chi connectivity index (χ1n) is 7.83. The van der Waals surface area contributed by atoms with E-state index < -0.39 is 23.8 Å². The zero-order chi connectivity index (χ0) is 18.2. The Hall–Kier alpha value is -3.15. The highest BCUT2D eigenvalue weighted by molar-refractivity contribution is 5.99. The van der Waals surface area contributed by atoms with Gasteiger partial charge in [-0.05, 0) is 36.6 Å². The first-order chi connectivity index (χ1) is 12.0. The summed E-state index contributed by atoms with van der Waals surface area (Å²) >= 11 is 0. The number of hydrogen-bond donors (Lipinski definition) is 2. The predicted octanol–water partition coefficient (Wildman–Crippen LogP) is 1.69. The molecule has 6 heteroatoms. The molecule has 130 valence electrons. The van der Waals surface area contributed by atoms with E-state index in [0.717, 1.165) is 5.56 Å². The van der Waals surface area contributed by atoms with Gasteiger partial charge in [-0.2, -0.15) is 0 Å². The van der Waals surface area contributed by atoms with E-state index in [-0.39, 0.29) is 11.1 Å². The lowest BCUT2D eigenvalue weighted by Crippen LogP contribution is -2.44. The zero-order valence-electron chi connectivity index (χ0n) is 13.9. The number of esters is 1. The Bertz CT molecular complexity index is 759. The van der Waals surface area contributed by atoms with Crippen LogP contribution in [0.4, 0.5) is 0 Å². The standard InChI is InChI=1S/C19H20N2O4/c1-25-19(24)15-9-5-8-14(12-15)18(23)21-16(17(20)22)11-10-13-6-3-2-4-7-13/h2-9,12,16H,10-11H2,1H3,(H2,20,22)(H,21,23)/t16-/m1/s1. The van der Waals surface area contributed by atoms with Gasteiger partial charge in [0.05, 0.1) is 12.7 Å². The average molecular weight is 340 g/mol. The average Bonchev–Trinajstić information content (AvgIpc) is 2.64. The lowest BCUT2D eigenvalue weighted by Gasteiger charge is -2.16. The van der Waals surface area contributed by atoms with Crippen LogP contribution in [0.25, 0.3) is 0 Å². The molecule has 0 aliphatic carbocycles. The number of nitrogens with one attached hydrogen (secondary N) is 1. The summed E-state index contributed by atoms with van der Waals surface area (Å²) in [5, 5.41) is 2.62. The number of aryl methyl sites for hydroxylation is 1. The van der Waals surface area contributed by atoms with Crippen molar-refractivity contribution in [1.82, 2.24) is 5.32 Å². The van der Waals surface area contributed by atoms with E-state index in [9.17, 15) is 14.4 Å². The van der Waals surface area contributed by atoms with Gasteiger partial charge in [0.25, 0.3) is 5.91 Å². The molecule has 0 saturated carbocycles. The Balaban J connectivity index is 2.05. The van der Waals surface area contributed by atoms with Crippen LogP contribution in [-0.2, 0) is 16.0 Å². The number of rotatable bonds is 7. The van der Waals surface area contributed by atoms with E-state index in [1.54, 1.807) is 18.2 Å². The van der Waals surface area contributed by atoms with Crippen LogP contribution in [0, 0.1) is 0 Å². The van der Waals surface area contributed by atoms with E-state index in [1.165, 1.54) is 13.2 Å². The maximum Gasteiger partial charge on any atom is 0.337 e. The largest absolute Gasteiger partial charge is 0.465 e. The fourth-order valence-corrected chi connectivity index (χ4v) is 2.39. The van der Waals surface area contributed by atoms with Crippen molar-refractivity contribution in [2.75, 3.05) is 7.11 Å². The number of amides is 2. The molecule has 0 spiro atoms. The molecular weight excluding hydrogens is 320 g/mol. The van der Waals surface area contributed by atoms with Crippen molar-refractivity contribution >= 4 is 17.8 Å². The van der Waals surface area contributed by atoms with Gasteiger partial charge in [-0.1, -0.05) is 36.4 Å². The molecule has 25 heavy (non-hydrogen) atoms. The van der Waals surface area contributed by atoms with Crippen LogP contribution in [0.5, 0.6) is 0 Å². The third-order valence-corrected chi connectivity index (χ3v) is 3.76. The number of carbonyl (C=O) groups is 3. The molecule has 3 N–H and O–H groups in total. The second-order valence-electron chi connectivity index (χ2n) is 5.53. The van der Waals surface area contributed by atoms with Crippen molar-refractivity contribution < 1.29 is 19.1 Å². The molecule has 0 bridgehead atoms. The summed E-state index contributed by atoms with van der Waals surface area (Å²) in [7, 11) is 1.27. The van der Waals surface area contributed by atoms with Gasteiger partial charge in [-0.15, -0.1) is 0 Å². The lowest BCUT2D eigenvalue weighted by molar-refractivity contribution is -0.120. The molecule has 0 aliphatic rings. The smallest absolute Gasteiger partial charge is 0.337 e. The molecule has 0 saturated heterocycles. The van der Waals surface area contributed by atoms with Gasteiger partial charge in [0.1, 0.15) is 6.04 Å². The van der Waals surface area contributed by atoms with Crippen LogP contribution in [-0.4, -0.2) is 30.9 Å². The molecule has 0 aliphatic heterocycles. The van der Waals surface area contributed by atoms with E-state index in [1.807, 2.05) is 30.3 Å². The summed E-state index contributed by atoms with van der Waals surface area (Å²) in [6, 6.07) is 14.9. The second kappa shape index (κ2) is 8.63. The Morgan fingerprint density at radius 3 is 2.36 bits per heavy atom. The first kappa shape index (κ1) is 18.2. The topological polar surface area (TPSA) is 98.5 Å². The van der Waals surface area contributed by atoms with Gasteiger partial charge >= 0.3 is 5.97 Å². The summed E-state index contributed by atoms with van der Waals surface area (Å²) in [4.78, 5) is 35.6. The number of nitrogens with two attached hydrogens (primary N) is 1. The molecule has 0 unspecified atom stereocenters. The van der Waals surface area contributed by atoms with Crippen LogP contribution >= 0.6 is 0 Å². The van der Waals surface area contributed by atoms with Gasteiger partial charge < -0.3 is 15.8 Å². The molecule has 2 amide bonds. The molecule has 2 aromatic carbocycles. The minimum absolute atomic E-state index is 0.258. The second-order valence-corrected chi connectivity index (χ2v) is 5.53. The third-order valence-electron chi connectivity index (χ3n) is 3.76. The van der Waals surface area contributed by atoms with Gasteiger partial charge in [0.2, 0.25) is 5.91 Å². The number of ether oxygens (including phenoxy) is 1. The summed E-state index contributed by atoms with van der Waals surface area (Å²) in [6.07, 6.45) is 0.999. The number of primary amides is 1. The van der Waals surface area contributed by atoms with Crippen molar-refractivity contribution in [1.29, 1.82) is 0 Å². The van der Waals surface area contributed by atoms with E-state index in [4.69, 9.17) is 5.73 Å². The van der Waals surface area contributed by atoms with Crippen LogP contribution < -0.4 is 11.1 Å². The zero-order valence-corrected chi connectivity index (χ0v) is 13.9. The van der Waals surface area contributed by atoms with Crippen LogP contribution in [0.1, 0.15) is 32.7 Å². The monoisotopic (exact) mass is 340 g/mol. The first-order valence-corrected chi connectivity index (χ1v) is 7.83. The van der Waals surface area contributed by atoms with Crippen molar-refractivity contribution in [3.05, 3.63) is 71.3 Å². The molecule has 2 rings (SSSR count). The fourth-order valence-electron chi connectivity index (χ4n) is 2.39. The number of methoxy groups -OCH3 is 1. The molecule has 0 radical (unpaired) electrons. The summed E-state index contributed by atoms with van der Waals surface area (Å²) in [5.41, 5.74) is 6.97. The fraction of sp³-hybridized carbons (Fsp3) is 0.211. The normalized spacial score (nSPS) is 11.4. The Morgan fingerprint density at radius 2 is 1.72 bits per heavy atom. The maximum absolute atomic E-state index is 12.4. The summed E-state index contributed by atoms with van der Waals surface area (Å²) in [6.45, 7) is 0. The van der Waals surface area contributed by atoms with E-state index in [2.05, 4.69) is 10.1 Å². The molecule has 0 fully saturated rings. The lowest BCUT2D eigenvalue weighted by atomic mass is 10.0. The van der Waals surface area contributed by atoms with Crippen LogP contribution in [0.2, 0.25) is 0 Å². The highest BCUT2D eigenvalue weighted by Gasteiger charge is 2.19. The van der Waals surface area contributed by atoms with E-state index >= 15 is 0 Å². The highest BCUT2D eigenvalue weighted by atomic mass is 16.5. The molecule has 6 nitrogen and oxygen atoms in total. The van der Waals surface area contributed by atoms with Gasteiger partial charge in [-0.25, -0.2) is 4.79 Å². The maximum atomic E-state index is 12.4. The number of hydrogen-bond acceptors (Lipinski definition) is 4. The minimum Gasteiger partial charge on any atom is -0.465 e. The van der Waals surface area contributed by atoms with Crippen molar-refractivity contribution in [3.8, 4) is 0 Å². The summed E-state index contributed by atoms with van der Waals surface area (Å²) in [5.74, 6) is -1.61. The SMILES string of the molecule is COC(=O)c1cccc(C(=O)N[C@H](CCc2ccccc2)C(N)=O)c1. The number of benzene rings is 2. The quantitative estimate of drug-likeness (QED) is 0.749. The van der Waals surface area contributed by atoms with Crippen molar-refractivity contribution in [2.45, 2.75) is 18.9 Å². The van der Waals surface area contributed by atoms with Gasteiger partial charge in [-0.3, -0.25) is 9.59 Å². The molecular formula is C19H20N2O4. The van der Waals surface area contributed by atoms with Gasteiger partial charge in [0.15, 0.2) is 0 Å². The Labute approximate surface area is 146 Å². The van der Waals surface area contributed by atoms with Crippen LogP contribution in [0.3, 0.4) is 0 Å². The molecule has 2 aromatic rings. The summed E-state index contributed by atoms with van der Waals surface area (Å²) < 4.78 is 4.63. The predicted molar refractivity (Wildman–Crippen MR) is 93.0 cm³/mol. The van der Waals surface area contributed by atoms with Gasteiger partial charge in [0, 0.05) is 5.56 Å².